The summed E-state index contributed by atoms with van der Waals surface area (Å²) in [5.41, 5.74) is 4.53. The van der Waals surface area contributed by atoms with Crippen LogP contribution in [0.4, 0.5) is 5.82 Å². The van der Waals surface area contributed by atoms with Gasteiger partial charge < -0.3 is 15.0 Å². The van der Waals surface area contributed by atoms with Crippen LogP contribution in [0.15, 0.2) is 49.1 Å². The number of anilines is 1. The summed E-state index contributed by atoms with van der Waals surface area (Å²) >= 11 is 0. The van der Waals surface area contributed by atoms with Crippen LogP contribution in [0.1, 0.15) is 6.42 Å². The smallest absolute Gasteiger partial charge is 0.140 e. The van der Waals surface area contributed by atoms with E-state index in [0.29, 0.717) is 6.04 Å². The maximum atomic E-state index is 5.58. The number of hydrogen-bond donors (Lipinski definition) is 2. The van der Waals surface area contributed by atoms with Crippen LogP contribution in [0.3, 0.4) is 0 Å². The molecule has 29 heavy (non-hydrogen) atoms. The summed E-state index contributed by atoms with van der Waals surface area (Å²) < 4.78 is 7.63. The number of imidazole rings is 1. The molecule has 8 nitrogen and oxygen atoms in total. The van der Waals surface area contributed by atoms with E-state index < -0.39 is 0 Å². The van der Waals surface area contributed by atoms with Crippen molar-refractivity contribution in [1.29, 1.82) is 0 Å². The molecule has 4 aromatic rings. The molecule has 0 amide bonds. The molecule has 2 N–H and O–H groups in total. The summed E-state index contributed by atoms with van der Waals surface area (Å²) in [6.45, 7) is 2.05. The second-order valence-corrected chi connectivity index (χ2v) is 7.25. The molecule has 8 heteroatoms. The molecule has 1 aliphatic heterocycles. The molecular formula is C21H23N7O. The minimum absolute atomic E-state index is 0.469. The predicted molar refractivity (Wildman–Crippen MR) is 112 cm³/mol. The van der Waals surface area contributed by atoms with Gasteiger partial charge in [-0.2, -0.15) is 5.10 Å². The van der Waals surface area contributed by atoms with Crippen molar-refractivity contribution in [3.63, 3.8) is 0 Å². The van der Waals surface area contributed by atoms with Crippen LogP contribution in [0.5, 0.6) is 5.75 Å². The second-order valence-electron chi connectivity index (χ2n) is 7.25. The van der Waals surface area contributed by atoms with Crippen molar-refractivity contribution in [3.05, 3.63) is 49.1 Å². The molecule has 5 heterocycles. The van der Waals surface area contributed by atoms with Gasteiger partial charge in [0.2, 0.25) is 0 Å². The lowest BCUT2D eigenvalue weighted by Crippen LogP contribution is -2.33. The lowest BCUT2D eigenvalue weighted by atomic mass is 10.1. The Kier molecular flexibility index (Phi) is 4.40. The molecule has 0 saturated carbocycles. The third kappa shape index (κ3) is 3.11. The lowest BCUT2D eigenvalue weighted by Gasteiger charge is -2.25. The minimum atomic E-state index is 0.469. The Bertz CT molecular complexity index is 1130. The molecule has 4 aromatic heterocycles. The van der Waals surface area contributed by atoms with Crippen LogP contribution in [0.25, 0.3) is 28.2 Å². The summed E-state index contributed by atoms with van der Waals surface area (Å²) in [7, 11) is 3.78. The SMILES string of the molecule is COc1cc2ncc(-c3cccc(N(C)C4CCNC4)n3)n2cc1-c1cn[nH]c1. The van der Waals surface area contributed by atoms with Crippen LogP contribution in [0, 0.1) is 0 Å². The summed E-state index contributed by atoms with van der Waals surface area (Å²) in [6, 6.07) is 8.54. The number of aromatic nitrogens is 5. The third-order valence-electron chi connectivity index (χ3n) is 5.58. The van der Waals surface area contributed by atoms with Gasteiger partial charge in [0.05, 0.1) is 30.9 Å². The monoisotopic (exact) mass is 389 g/mol. The third-order valence-corrected chi connectivity index (χ3v) is 5.58. The van der Waals surface area contributed by atoms with E-state index >= 15 is 0 Å². The Morgan fingerprint density at radius 3 is 2.97 bits per heavy atom. The second kappa shape index (κ2) is 7.21. The number of H-pyrrole nitrogens is 1. The zero-order valence-electron chi connectivity index (χ0n) is 16.5. The van der Waals surface area contributed by atoms with Gasteiger partial charge in [0.1, 0.15) is 17.2 Å². The predicted octanol–water partition coefficient (Wildman–Crippen LogP) is 2.59. The summed E-state index contributed by atoms with van der Waals surface area (Å²) in [4.78, 5) is 11.8. The fourth-order valence-corrected chi connectivity index (χ4v) is 3.90. The van der Waals surface area contributed by atoms with Gasteiger partial charge in [-0.25, -0.2) is 9.97 Å². The number of rotatable bonds is 5. The number of hydrogen-bond acceptors (Lipinski definition) is 6. The standard InChI is InChI=1S/C21H23N7O/c1-27(15-6-7-22-11-15)20-5-3-4-17(26-20)18-12-23-21-8-19(29-2)16(13-28(18)21)14-9-24-25-10-14/h3-5,8-10,12-13,15,22H,6-7,11H2,1-2H3,(H,24,25). The van der Waals surface area contributed by atoms with Crippen molar-refractivity contribution in [1.82, 2.24) is 29.9 Å². The molecule has 1 unspecified atom stereocenters. The Hall–Kier alpha value is -3.39. The summed E-state index contributed by atoms with van der Waals surface area (Å²) in [5.74, 6) is 1.72. The Balaban J connectivity index is 1.59. The number of methoxy groups -OCH3 is 1. The Morgan fingerprint density at radius 2 is 2.21 bits per heavy atom. The van der Waals surface area contributed by atoms with Gasteiger partial charge in [0, 0.05) is 49.2 Å². The molecule has 1 aliphatic rings. The molecule has 0 radical (unpaired) electrons. The van der Waals surface area contributed by atoms with E-state index in [0.717, 1.165) is 59.2 Å². The van der Waals surface area contributed by atoms with Gasteiger partial charge in [0.25, 0.3) is 0 Å². The van der Waals surface area contributed by atoms with Crippen LogP contribution < -0.4 is 15.0 Å². The van der Waals surface area contributed by atoms with Crippen LogP contribution in [0.2, 0.25) is 0 Å². The van der Waals surface area contributed by atoms with Crippen molar-refractivity contribution in [2.45, 2.75) is 12.5 Å². The van der Waals surface area contributed by atoms with Gasteiger partial charge in [-0.1, -0.05) is 6.07 Å². The van der Waals surface area contributed by atoms with Gasteiger partial charge in [-0.05, 0) is 25.1 Å². The highest BCUT2D eigenvalue weighted by atomic mass is 16.5. The van der Waals surface area contributed by atoms with E-state index in [1.165, 1.54) is 0 Å². The molecule has 0 bridgehead atoms. The van der Waals surface area contributed by atoms with E-state index in [1.54, 1.807) is 13.3 Å². The van der Waals surface area contributed by atoms with E-state index in [-0.39, 0.29) is 0 Å². The highest BCUT2D eigenvalue weighted by Gasteiger charge is 2.21. The van der Waals surface area contributed by atoms with E-state index in [4.69, 9.17) is 9.72 Å². The molecule has 0 aliphatic carbocycles. The molecule has 0 spiro atoms. The van der Waals surface area contributed by atoms with Crippen LogP contribution in [-0.4, -0.2) is 57.9 Å². The first kappa shape index (κ1) is 17.7. The van der Waals surface area contributed by atoms with E-state index in [1.807, 2.05) is 35.1 Å². The van der Waals surface area contributed by atoms with Crippen molar-refractivity contribution in [2.24, 2.45) is 0 Å². The van der Waals surface area contributed by atoms with Crippen LogP contribution >= 0.6 is 0 Å². The number of aromatic amines is 1. The highest BCUT2D eigenvalue weighted by Crippen LogP contribution is 2.32. The number of fused-ring (bicyclic) bond motifs is 1. The largest absolute Gasteiger partial charge is 0.496 e. The fraction of sp³-hybridized carbons (Fsp3) is 0.286. The van der Waals surface area contributed by atoms with Gasteiger partial charge in [-0.3, -0.25) is 9.50 Å². The number of pyridine rings is 2. The number of nitrogens with one attached hydrogen (secondary N) is 2. The zero-order chi connectivity index (χ0) is 19.8. The number of ether oxygens (including phenoxy) is 1. The minimum Gasteiger partial charge on any atom is -0.496 e. The molecule has 148 valence electrons. The first-order valence-electron chi connectivity index (χ1n) is 9.70. The quantitative estimate of drug-likeness (QED) is 0.546. The van der Waals surface area contributed by atoms with Gasteiger partial charge in [-0.15, -0.1) is 0 Å². The maximum absolute atomic E-state index is 5.58. The first-order chi connectivity index (χ1) is 14.2. The summed E-state index contributed by atoms with van der Waals surface area (Å²) in [5, 5.41) is 10.3. The molecule has 1 fully saturated rings. The zero-order valence-corrected chi connectivity index (χ0v) is 16.5. The van der Waals surface area contributed by atoms with Crippen molar-refractivity contribution in [2.75, 3.05) is 32.1 Å². The molecule has 1 atom stereocenters. The van der Waals surface area contributed by atoms with Gasteiger partial charge >= 0.3 is 0 Å². The Morgan fingerprint density at radius 1 is 1.28 bits per heavy atom. The summed E-state index contributed by atoms with van der Waals surface area (Å²) in [6.07, 6.45) is 8.65. The normalized spacial score (nSPS) is 16.4. The fourth-order valence-electron chi connectivity index (χ4n) is 3.90. The van der Waals surface area contributed by atoms with Crippen LogP contribution in [-0.2, 0) is 0 Å². The van der Waals surface area contributed by atoms with Gasteiger partial charge in [0.15, 0.2) is 0 Å². The molecule has 0 aromatic carbocycles. The van der Waals surface area contributed by atoms with E-state index in [9.17, 15) is 0 Å². The highest BCUT2D eigenvalue weighted by molar-refractivity contribution is 5.73. The number of nitrogens with zero attached hydrogens (tertiary/aromatic N) is 5. The first-order valence-corrected chi connectivity index (χ1v) is 9.70. The Labute approximate surface area is 168 Å². The molecular weight excluding hydrogens is 366 g/mol. The average molecular weight is 389 g/mol. The van der Waals surface area contributed by atoms with E-state index in [2.05, 4.69) is 44.6 Å². The van der Waals surface area contributed by atoms with Crippen molar-refractivity contribution >= 4 is 11.5 Å². The topological polar surface area (TPSA) is 83.4 Å². The number of likely N-dealkylation sites (N-methyl/N-ethyl adjacent to an activating group) is 1. The maximum Gasteiger partial charge on any atom is 0.140 e. The molecule has 5 rings (SSSR count). The van der Waals surface area contributed by atoms with Crippen molar-refractivity contribution < 1.29 is 4.74 Å². The molecule has 1 saturated heterocycles. The lowest BCUT2D eigenvalue weighted by molar-refractivity contribution is 0.416. The average Bonchev–Trinajstić information content (AvgIpc) is 3.53. The van der Waals surface area contributed by atoms with Crippen molar-refractivity contribution in [3.8, 4) is 28.3 Å².